The first-order valence-electron chi connectivity index (χ1n) is 4.54. The maximum Gasteiger partial charge on any atom is 0.0579 e. The molecule has 2 nitrogen and oxygen atoms in total. The highest BCUT2D eigenvalue weighted by Gasteiger charge is 2.17. The van der Waals surface area contributed by atoms with Gasteiger partial charge in [0.2, 0.25) is 0 Å². The molecule has 0 aliphatic carbocycles. The number of hydrogen-bond acceptors (Lipinski definition) is 2. The highest BCUT2D eigenvalue weighted by atomic mass is 32.1. The van der Waals surface area contributed by atoms with E-state index in [1.54, 1.807) is 11.3 Å². The molecule has 3 rings (SSSR count). The van der Waals surface area contributed by atoms with Crippen LogP contribution in [0.5, 0.6) is 0 Å². The van der Waals surface area contributed by atoms with Crippen molar-refractivity contribution < 1.29 is 0 Å². The Kier molecular flexibility index (Phi) is 1.52. The summed E-state index contributed by atoms with van der Waals surface area (Å²) < 4.78 is 2.13. The number of aryl methyl sites for hydroxylation is 1. The average Bonchev–Trinajstić information content (AvgIpc) is 2.79. The Hall–Kier alpha value is -1.09. The van der Waals surface area contributed by atoms with Crippen LogP contribution in [0.1, 0.15) is 12.1 Å². The van der Waals surface area contributed by atoms with Crippen LogP contribution < -0.4 is 0 Å². The minimum atomic E-state index is 1.10. The normalized spacial score (nSPS) is 14.8. The maximum atomic E-state index is 4.38. The zero-order chi connectivity index (χ0) is 8.67. The minimum Gasteiger partial charge on any atom is -0.269 e. The van der Waals surface area contributed by atoms with Gasteiger partial charge < -0.3 is 0 Å². The summed E-state index contributed by atoms with van der Waals surface area (Å²) >= 11 is 1.79. The third-order valence-corrected chi connectivity index (χ3v) is 3.42. The van der Waals surface area contributed by atoms with Crippen molar-refractivity contribution in [3.63, 3.8) is 0 Å². The van der Waals surface area contributed by atoms with Gasteiger partial charge in [0.25, 0.3) is 0 Å². The molecule has 0 radical (unpaired) electrons. The molecular weight excluding hydrogens is 180 g/mol. The van der Waals surface area contributed by atoms with Crippen LogP contribution in [0.3, 0.4) is 0 Å². The molecule has 0 spiro atoms. The zero-order valence-electron chi connectivity index (χ0n) is 7.23. The average molecular weight is 190 g/mol. The fourth-order valence-electron chi connectivity index (χ4n) is 1.90. The summed E-state index contributed by atoms with van der Waals surface area (Å²) in [6.45, 7) is 1.10. The van der Waals surface area contributed by atoms with E-state index in [0.717, 1.165) is 6.54 Å². The van der Waals surface area contributed by atoms with E-state index in [2.05, 4.69) is 27.3 Å². The van der Waals surface area contributed by atoms with Crippen LogP contribution in [0.25, 0.3) is 10.4 Å². The van der Waals surface area contributed by atoms with Gasteiger partial charge in [0.05, 0.1) is 6.20 Å². The van der Waals surface area contributed by atoms with Gasteiger partial charge in [-0.15, -0.1) is 11.3 Å². The van der Waals surface area contributed by atoms with Crippen molar-refractivity contribution in [2.45, 2.75) is 19.4 Å². The van der Waals surface area contributed by atoms with E-state index >= 15 is 0 Å². The predicted molar refractivity (Wildman–Crippen MR) is 53.9 cm³/mol. The molecule has 0 amide bonds. The van der Waals surface area contributed by atoms with Crippen LogP contribution in [-0.2, 0) is 13.0 Å². The molecule has 3 heteroatoms. The Labute approximate surface area is 80.8 Å². The topological polar surface area (TPSA) is 17.8 Å². The first kappa shape index (κ1) is 7.33. The Morgan fingerprint density at radius 2 is 2.46 bits per heavy atom. The van der Waals surface area contributed by atoms with E-state index in [1.807, 2.05) is 6.20 Å². The molecule has 0 aromatic carbocycles. The van der Waals surface area contributed by atoms with Gasteiger partial charge in [-0.2, -0.15) is 5.10 Å². The molecule has 0 N–H and O–H groups in total. The zero-order valence-corrected chi connectivity index (χ0v) is 8.05. The standard InChI is InChI=1S/C10H10N2S/c1-3-9-8(7-11-12(9)5-1)10-4-2-6-13-10/h2,4,6-7H,1,3,5H2. The van der Waals surface area contributed by atoms with Crippen LogP contribution in [-0.4, -0.2) is 9.78 Å². The second-order valence-electron chi connectivity index (χ2n) is 3.31. The number of aromatic nitrogens is 2. The molecule has 2 aromatic rings. The van der Waals surface area contributed by atoms with Crippen LogP contribution in [0.2, 0.25) is 0 Å². The van der Waals surface area contributed by atoms with E-state index < -0.39 is 0 Å². The Balaban J connectivity index is 2.16. The van der Waals surface area contributed by atoms with Gasteiger partial charge >= 0.3 is 0 Å². The molecule has 0 bridgehead atoms. The molecule has 13 heavy (non-hydrogen) atoms. The van der Waals surface area contributed by atoms with Gasteiger partial charge in [0.15, 0.2) is 0 Å². The molecular formula is C10H10N2S. The minimum absolute atomic E-state index is 1.10. The van der Waals surface area contributed by atoms with Crippen molar-refractivity contribution in [3.8, 4) is 10.4 Å². The van der Waals surface area contributed by atoms with Crippen molar-refractivity contribution >= 4 is 11.3 Å². The number of fused-ring (bicyclic) bond motifs is 1. The number of thiophene rings is 1. The van der Waals surface area contributed by atoms with E-state index in [4.69, 9.17) is 0 Å². The summed E-state index contributed by atoms with van der Waals surface area (Å²) in [5, 5.41) is 6.50. The Morgan fingerprint density at radius 3 is 3.31 bits per heavy atom. The summed E-state index contributed by atoms with van der Waals surface area (Å²) in [6.07, 6.45) is 4.44. The van der Waals surface area contributed by atoms with Crippen LogP contribution in [0.4, 0.5) is 0 Å². The molecule has 66 valence electrons. The van der Waals surface area contributed by atoms with Crippen molar-refractivity contribution in [1.29, 1.82) is 0 Å². The summed E-state index contributed by atoms with van der Waals surface area (Å²) in [4.78, 5) is 1.35. The summed E-state index contributed by atoms with van der Waals surface area (Å²) in [5.74, 6) is 0. The third-order valence-electron chi connectivity index (χ3n) is 2.52. The summed E-state index contributed by atoms with van der Waals surface area (Å²) in [6, 6.07) is 4.26. The van der Waals surface area contributed by atoms with Gasteiger partial charge in [-0.05, 0) is 24.3 Å². The van der Waals surface area contributed by atoms with Crippen LogP contribution in [0.15, 0.2) is 23.7 Å². The molecule has 1 aliphatic heterocycles. The smallest absolute Gasteiger partial charge is 0.0579 e. The second-order valence-corrected chi connectivity index (χ2v) is 4.26. The number of hydrogen-bond donors (Lipinski definition) is 0. The molecule has 0 atom stereocenters. The Bertz CT molecular complexity index is 414. The highest BCUT2D eigenvalue weighted by Crippen LogP contribution is 2.30. The lowest BCUT2D eigenvalue weighted by atomic mass is 10.2. The van der Waals surface area contributed by atoms with Gasteiger partial charge in [-0.1, -0.05) is 6.07 Å². The lowest BCUT2D eigenvalue weighted by Gasteiger charge is -1.95. The summed E-state index contributed by atoms with van der Waals surface area (Å²) in [7, 11) is 0. The molecule has 0 saturated heterocycles. The first-order valence-corrected chi connectivity index (χ1v) is 5.42. The molecule has 0 fully saturated rings. The van der Waals surface area contributed by atoms with E-state index in [-0.39, 0.29) is 0 Å². The first-order chi connectivity index (χ1) is 6.45. The second kappa shape index (κ2) is 2.70. The maximum absolute atomic E-state index is 4.38. The monoisotopic (exact) mass is 190 g/mol. The number of nitrogens with zero attached hydrogens (tertiary/aromatic N) is 2. The van der Waals surface area contributed by atoms with Crippen molar-refractivity contribution in [2.24, 2.45) is 0 Å². The predicted octanol–water partition coefficient (Wildman–Crippen LogP) is 2.56. The fraction of sp³-hybridized carbons (Fsp3) is 0.300. The molecule has 2 aromatic heterocycles. The van der Waals surface area contributed by atoms with E-state index in [9.17, 15) is 0 Å². The quantitative estimate of drug-likeness (QED) is 0.675. The third kappa shape index (κ3) is 1.04. The molecule has 1 aliphatic rings. The van der Waals surface area contributed by atoms with Crippen LogP contribution >= 0.6 is 11.3 Å². The lowest BCUT2D eigenvalue weighted by molar-refractivity contribution is 0.656. The van der Waals surface area contributed by atoms with Gasteiger partial charge in [-0.3, -0.25) is 4.68 Å². The molecule has 0 unspecified atom stereocenters. The van der Waals surface area contributed by atoms with Gasteiger partial charge in [0.1, 0.15) is 0 Å². The van der Waals surface area contributed by atoms with E-state index in [0.29, 0.717) is 0 Å². The van der Waals surface area contributed by atoms with Crippen LogP contribution in [0, 0.1) is 0 Å². The SMILES string of the molecule is c1csc(-c2cnn3c2CCC3)c1. The molecule has 0 saturated carbocycles. The van der Waals surface area contributed by atoms with Gasteiger partial charge in [0, 0.05) is 22.7 Å². The van der Waals surface area contributed by atoms with Gasteiger partial charge in [-0.25, -0.2) is 0 Å². The fourth-order valence-corrected chi connectivity index (χ4v) is 2.66. The highest BCUT2D eigenvalue weighted by molar-refractivity contribution is 7.13. The van der Waals surface area contributed by atoms with Crippen molar-refractivity contribution in [2.75, 3.05) is 0 Å². The van der Waals surface area contributed by atoms with E-state index in [1.165, 1.54) is 29.0 Å². The number of rotatable bonds is 1. The summed E-state index contributed by atoms with van der Waals surface area (Å²) in [5.41, 5.74) is 2.76. The van der Waals surface area contributed by atoms with Crippen molar-refractivity contribution in [3.05, 3.63) is 29.4 Å². The molecule has 3 heterocycles. The largest absolute Gasteiger partial charge is 0.269 e. The Morgan fingerprint density at radius 1 is 1.46 bits per heavy atom. The lowest BCUT2D eigenvalue weighted by Crippen LogP contribution is -1.92. The van der Waals surface area contributed by atoms with Crippen molar-refractivity contribution in [1.82, 2.24) is 9.78 Å².